The van der Waals surface area contributed by atoms with Crippen molar-refractivity contribution in [3.8, 4) is 0 Å². The first-order valence-corrected chi connectivity index (χ1v) is 8.14. The van der Waals surface area contributed by atoms with Gasteiger partial charge in [0.2, 0.25) is 5.91 Å². The minimum Gasteiger partial charge on any atom is -0.380 e. The molecule has 2 unspecified atom stereocenters. The van der Waals surface area contributed by atoms with Crippen molar-refractivity contribution in [3.05, 3.63) is 28.7 Å². The van der Waals surface area contributed by atoms with E-state index in [1.54, 1.807) is 18.9 Å². The Labute approximate surface area is 145 Å². The number of halogens is 2. The second-order valence-corrected chi connectivity index (χ2v) is 6.91. The summed E-state index contributed by atoms with van der Waals surface area (Å²) >= 11 is 5.14. The standard InChI is InChI=1S/C14H21BrN2O2S.ClH/c1-10(20-13-5-3-11(15)4-6-13)9-17-14(18)7-12(8-16)19-2;/h3-6,10,12H,7-9,16H2,1-2H3,(H,17,18);1H. The summed E-state index contributed by atoms with van der Waals surface area (Å²) in [6.07, 6.45) is 0.104. The quantitative estimate of drug-likeness (QED) is 0.662. The first-order chi connectivity index (χ1) is 9.55. The van der Waals surface area contributed by atoms with Gasteiger partial charge in [0.25, 0.3) is 0 Å². The predicted octanol–water partition coefficient (Wildman–Crippen LogP) is 2.83. The fourth-order valence-corrected chi connectivity index (χ4v) is 2.78. The number of nitrogens with one attached hydrogen (secondary N) is 1. The van der Waals surface area contributed by atoms with Crippen molar-refractivity contribution < 1.29 is 9.53 Å². The van der Waals surface area contributed by atoms with Gasteiger partial charge >= 0.3 is 0 Å². The Balaban J connectivity index is 0.00000400. The molecule has 0 heterocycles. The molecular formula is C14H22BrClN2O2S. The zero-order valence-electron chi connectivity index (χ0n) is 12.2. The Bertz CT molecular complexity index is 416. The van der Waals surface area contributed by atoms with Crippen LogP contribution in [0.25, 0.3) is 0 Å². The normalized spacial score (nSPS) is 13.1. The average molecular weight is 398 g/mol. The Morgan fingerprint density at radius 3 is 2.57 bits per heavy atom. The zero-order valence-corrected chi connectivity index (χ0v) is 15.4. The average Bonchev–Trinajstić information content (AvgIpc) is 2.45. The molecule has 1 aromatic rings. The van der Waals surface area contributed by atoms with E-state index in [2.05, 4.69) is 40.3 Å². The molecule has 0 aliphatic carbocycles. The number of carbonyl (C=O) groups is 1. The number of hydrogen-bond donors (Lipinski definition) is 2. The Morgan fingerprint density at radius 2 is 2.05 bits per heavy atom. The van der Waals surface area contributed by atoms with Crippen molar-refractivity contribution in [3.63, 3.8) is 0 Å². The fraction of sp³-hybridized carbons (Fsp3) is 0.500. The number of thioether (sulfide) groups is 1. The van der Waals surface area contributed by atoms with Gasteiger partial charge in [-0.15, -0.1) is 24.2 Å². The highest BCUT2D eigenvalue weighted by Crippen LogP contribution is 2.24. The van der Waals surface area contributed by atoms with Crippen LogP contribution in [-0.2, 0) is 9.53 Å². The Morgan fingerprint density at radius 1 is 1.43 bits per heavy atom. The summed E-state index contributed by atoms with van der Waals surface area (Å²) in [5.41, 5.74) is 5.49. The molecule has 21 heavy (non-hydrogen) atoms. The molecule has 0 aliphatic rings. The molecule has 120 valence electrons. The number of hydrogen-bond acceptors (Lipinski definition) is 4. The van der Waals surface area contributed by atoms with E-state index >= 15 is 0 Å². The summed E-state index contributed by atoms with van der Waals surface area (Å²) in [7, 11) is 1.57. The molecule has 0 aliphatic heterocycles. The third kappa shape index (κ3) is 8.68. The van der Waals surface area contributed by atoms with E-state index < -0.39 is 0 Å². The monoisotopic (exact) mass is 396 g/mol. The topological polar surface area (TPSA) is 64.3 Å². The number of amides is 1. The second kappa shape index (κ2) is 11.3. The second-order valence-electron chi connectivity index (χ2n) is 4.48. The number of ether oxygens (including phenoxy) is 1. The van der Waals surface area contributed by atoms with Crippen LogP contribution < -0.4 is 11.1 Å². The molecule has 0 aromatic heterocycles. The predicted molar refractivity (Wildman–Crippen MR) is 94.2 cm³/mol. The highest BCUT2D eigenvalue weighted by Gasteiger charge is 2.12. The molecule has 0 bridgehead atoms. The van der Waals surface area contributed by atoms with E-state index in [0.717, 1.165) is 4.47 Å². The van der Waals surface area contributed by atoms with Gasteiger partial charge in [0.1, 0.15) is 0 Å². The first kappa shape index (κ1) is 20.7. The highest BCUT2D eigenvalue weighted by atomic mass is 79.9. The van der Waals surface area contributed by atoms with Crippen LogP contribution in [-0.4, -0.2) is 37.5 Å². The SMILES string of the molecule is COC(CN)CC(=O)NCC(C)Sc1ccc(Br)cc1.Cl. The van der Waals surface area contributed by atoms with E-state index in [-0.39, 0.29) is 24.4 Å². The molecule has 4 nitrogen and oxygen atoms in total. The lowest BCUT2D eigenvalue weighted by atomic mass is 10.2. The van der Waals surface area contributed by atoms with E-state index in [1.165, 1.54) is 4.90 Å². The van der Waals surface area contributed by atoms with Gasteiger partial charge < -0.3 is 15.8 Å². The van der Waals surface area contributed by atoms with Crippen LogP contribution in [0.3, 0.4) is 0 Å². The number of benzene rings is 1. The van der Waals surface area contributed by atoms with Crippen LogP contribution in [0.1, 0.15) is 13.3 Å². The van der Waals surface area contributed by atoms with Gasteiger partial charge in [0.15, 0.2) is 0 Å². The van der Waals surface area contributed by atoms with Crippen LogP contribution >= 0.6 is 40.1 Å². The van der Waals surface area contributed by atoms with Crippen LogP contribution in [0.5, 0.6) is 0 Å². The maximum absolute atomic E-state index is 11.7. The van der Waals surface area contributed by atoms with E-state index in [9.17, 15) is 4.79 Å². The third-order valence-corrected chi connectivity index (χ3v) is 4.39. The molecule has 1 aromatic carbocycles. The van der Waals surface area contributed by atoms with Crippen molar-refractivity contribution in [2.45, 2.75) is 29.6 Å². The molecule has 0 fully saturated rings. The smallest absolute Gasteiger partial charge is 0.222 e. The molecule has 1 amide bonds. The summed E-state index contributed by atoms with van der Waals surface area (Å²) < 4.78 is 6.15. The summed E-state index contributed by atoms with van der Waals surface area (Å²) in [4.78, 5) is 12.9. The molecule has 2 atom stereocenters. The Hall–Kier alpha value is -0.270. The molecule has 0 saturated carbocycles. The Kier molecular flexibility index (Phi) is 11.2. The largest absolute Gasteiger partial charge is 0.380 e. The van der Waals surface area contributed by atoms with E-state index in [4.69, 9.17) is 10.5 Å². The lowest BCUT2D eigenvalue weighted by Gasteiger charge is -2.15. The number of methoxy groups -OCH3 is 1. The minimum atomic E-state index is -0.204. The summed E-state index contributed by atoms with van der Waals surface area (Å²) in [5.74, 6) is -0.0226. The van der Waals surface area contributed by atoms with E-state index in [0.29, 0.717) is 24.8 Å². The van der Waals surface area contributed by atoms with Gasteiger partial charge in [0, 0.05) is 34.8 Å². The van der Waals surface area contributed by atoms with Crippen LogP contribution in [0.15, 0.2) is 33.6 Å². The molecule has 1 rings (SSSR count). The number of rotatable bonds is 8. The molecule has 0 radical (unpaired) electrons. The zero-order chi connectivity index (χ0) is 15.0. The van der Waals surface area contributed by atoms with Crippen molar-refractivity contribution in [2.24, 2.45) is 5.73 Å². The molecule has 0 spiro atoms. The van der Waals surface area contributed by atoms with Crippen molar-refractivity contribution in [2.75, 3.05) is 20.2 Å². The third-order valence-electron chi connectivity index (χ3n) is 2.75. The molecular weight excluding hydrogens is 376 g/mol. The molecule has 3 N–H and O–H groups in total. The summed E-state index contributed by atoms with van der Waals surface area (Å²) in [5, 5.41) is 3.21. The van der Waals surface area contributed by atoms with Gasteiger partial charge in [-0.2, -0.15) is 0 Å². The molecule has 7 heteroatoms. The first-order valence-electron chi connectivity index (χ1n) is 6.47. The van der Waals surface area contributed by atoms with Crippen molar-refractivity contribution in [1.29, 1.82) is 0 Å². The number of nitrogens with two attached hydrogens (primary N) is 1. The van der Waals surface area contributed by atoms with Gasteiger partial charge in [-0.1, -0.05) is 22.9 Å². The van der Waals surface area contributed by atoms with Gasteiger partial charge in [-0.05, 0) is 24.3 Å². The van der Waals surface area contributed by atoms with Crippen molar-refractivity contribution >= 4 is 46.0 Å². The maximum atomic E-state index is 11.7. The number of carbonyl (C=O) groups excluding carboxylic acids is 1. The van der Waals surface area contributed by atoms with Crippen LogP contribution in [0.4, 0.5) is 0 Å². The molecule has 0 saturated heterocycles. The van der Waals surface area contributed by atoms with Crippen molar-refractivity contribution in [1.82, 2.24) is 5.32 Å². The van der Waals surface area contributed by atoms with E-state index in [1.807, 2.05) is 12.1 Å². The highest BCUT2D eigenvalue weighted by molar-refractivity contribution is 9.10. The van der Waals surface area contributed by atoms with Crippen LogP contribution in [0, 0.1) is 0 Å². The maximum Gasteiger partial charge on any atom is 0.222 e. The lowest BCUT2D eigenvalue weighted by molar-refractivity contribution is -0.123. The summed E-state index contributed by atoms with van der Waals surface area (Å²) in [6, 6.07) is 8.14. The van der Waals surface area contributed by atoms with Gasteiger partial charge in [0.05, 0.1) is 12.5 Å². The fourth-order valence-electron chi connectivity index (χ4n) is 1.59. The van der Waals surface area contributed by atoms with Gasteiger partial charge in [-0.3, -0.25) is 4.79 Å². The minimum absolute atomic E-state index is 0. The summed E-state index contributed by atoms with van der Waals surface area (Å²) in [6.45, 7) is 3.07. The van der Waals surface area contributed by atoms with Gasteiger partial charge in [-0.25, -0.2) is 0 Å². The van der Waals surface area contributed by atoms with Crippen LogP contribution in [0.2, 0.25) is 0 Å². The lowest BCUT2D eigenvalue weighted by Crippen LogP contribution is -2.34.